The summed E-state index contributed by atoms with van der Waals surface area (Å²) in [7, 11) is 3.41. The van der Waals surface area contributed by atoms with Crippen molar-refractivity contribution >= 4 is 11.8 Å². The first-order chi connectivity index (χ1) is 8.65. The summed E-state index contributed by atoms with van der Waals surface area (Å²) in [6, 6.07) is 3.15. The molecule has 98 valence electrons. The summed E-state index contributed by atoms with van der Waals surface area (Å²) in [4.78, 5) is 25.8. The van der Waals surface area contributed by atoms with Gasteiger partial charge in [0, 0.05) is 39.9 Å². The van der Waals surface area contributed by atoms with Gasteiger partial charge in [0.25, 0.3) is 5.91 Å². The zero-order valence-corrected chi connectivity index (χ0v) is 10.6. The number of aryl methyl sites for hydroxylation is 1. The highest BCUT2D eigenvalue weighted by Crippen LogP contribution is 2.11. The average Bonchev–Trinajstić information content (AvgIpc) is 2.83. The molecule has 2 N–H and O–H groups in total. The molecule has 2 amide bonds. The van der Waals surface area contributed by atoms with E-state index in [0.717, 1.165) is 0 Å². The van der Waals surface area contributed by atoms with E-state index >= 15 is 0 Å². The number of nitrogens with zero attached hydrogens (tertiary/aromatic N) is 2. The lowest BCUT2D eigenvalue weighted by Gasteiger charge is -2.34. The van der Waals surface area contributed by atoms with Gasteiger partial charge in [0.1, 0.15) is 11.7 Å². The summed E-state index contributed by atoms with van der Waals surface area (Å²) in [5, 5.41) is 5.73. The van der Waals surface area contributed by atoms with Crippen LogP contribution in [0.15, 0.2) is 18.3 Å². The molecule has 1 atom stereocenters. The van der Waals surface area contributed by atoms with Gasteiger partial charge in [0.2, 0.25) is 5.91 Å². The standard InChI is InChI=1S/C12H18N4O2/c1-13-11(17)10-8-14-5-7-16(10)12(18)9-4-3-6-15(9)2/h3-4,6,10,14H,5,7-8H2,1-2H3,(H,13,17). The van der Waals surface area contributed by atoms with Crippen molar-refractivity contribution in [2.24, 2.45) is 7.05 Å². The minimum atomic E-state index is -0.439. The summed E-state index contributed by atoms with van der Waals surface area (Å²) >= 11 is 0. The van der Waals surface area contributed by atoms with Crippen molar-refractivity contribution in [3.8, 4) is 0 Å². The first-order valence-electron chi connectivity index (χ1n) is 5.99. The fraction of sp³-hybridized carbons (Fsp3) is 0.500. The first-order valence-corrected chi connectivity index (χ1v) is 5.99. The third-order valence-electron chi connectivity index (χ3n) is 3.22. The third-order valence-corrected chi connectivity index (χ3v) is 3.22. The zero-order valence-electron chi connectivity index (χ0n) is 10.6. The van der Waals surface area contributed by atoms with Gasteiger partial charge in [-0.05, 0) is 12.1 Å². The van der Waals surface area contributed by atoms with Crippen LogP contribution in [0.25, 0.3) is 0 Å². The number of rotatable bonds is 2. The van der Waals surface area contributed by atoms with Crippen LogP contribution in [0.4, 0.5) is 0 Å². The summed E-state index contributed by atoms with van der Waals surface area (Å²) < 4.78 is 1.77. The molecular weight excluding hydrogens is 232 g/mol. The molecule has 0 aliphatic carbocycles. The van der Waals surface area contributed by atoms with Gasteiger partial charge in [-0.25, -0.2) is 0 Å². The predicted molar refractivity (Wildman–Crippen MR) is 67.2 cm³/mol. The van der Waals surface area contributed by atoms with Crippen LogP contribution in [0.3, 0.4) is 0 Å². The molecular formula is C12H18N4O2. The maximum atomic E-state index is 12.4. The quantitative estimate of drug-likeness (QED) is 0.721. The van der Waals surface area contributed by atoms with E-state index in [9.17, 15) is 9.59 Å². The number of piperazine rings is 1. The van der Waals surface area contributed by atoms with Crippen LogP contribution >= 0.6 is 0 Å². The van der Waals surface area contributed by atoms with Crippen LogP contribution in [0.1, 0.15) is 10.5 Å². The minimum Gasteiger partial charge on any atom is -0.357 e. The van der Waals surface area contributed by atoms with Gasteiger partial charge in [-0.2, -0.15) is 0 Å². The molecule has 0 spiro atoms. The van der Waals surface area contributed by atoms with Gasteiger partial charge in [-0.3, -0.25) is 9.59 Å². The number of hydrogen-bond donors (Lipinski definition) is 2. The van der Waals surface area contributed by atoms with Crippen molar-refractivity contribution in [2.75, 3.05) is 26.7 Å². The smallest absolute Gasteiger partial charge is 0.271 e. The van der Waals surface area contributed by atoms with Crippen molar-refractivity contribution in [1.82, 2.24) is 20.1 Å². The van der Waals surface area contributed by atoms with Gasteiger partial charge in [-0.1, -0.05) is 0 Å². The van der Waals surface area contributed by atoms with E-state index in [0.29, 0.717) is 25.3 Å². The highest BCUT2D eigenvalue weighted by molar-refractivity contribution is 5.96. The Hall–Kier alpha value is -1.82. The SMILES string of the molecule is CNC(=O)C1CNCCN1C(=O)c1cccn1C. The monoisotopic (exact) mass is 250 g/mol. The van der Waals surface area contributed by atoms with Crippen LogP contribution in [0.2, 0.25) is 0 Å². The Kier molecular flexibility index (Phi) is 3.66. The maximum absolute atomic E-state index is 12.4. The summed E-state index contributed by atoms with van der Waals surface area (Å²) in [5.74, 6) is -0.234. The van der Waals surface area contributed by atoms with Crippen LogP contribution in [-0.2, 0) is 11.8 Å². The Morgan fingerprint density at radius 2 is 2.28 bits per heavy atom. The second-order valence-electron chi connectivity index (χ2n) is 4.34. The third kappa shape index (κ3) is 2.24. The summed E-state index contributed by atoms with van der Waals surface area (Å²) in [5.41, 5.74) is 0.603. The fourth-order valence-electron chi connectivity index (χ4n) is 2.18. The van der Waals surface area contributed by atoms with Crippen molar-refractivity contribution in [1.29, 1.82) is 0 Å². The molecule has 18 heavy (non-hydrogen) atoms. The Labute approximate surface area is 106 Å². The normalized spacial score (nSPS) is 19.7. The second-order valence-corrected chi connectivity index (χ2v) is 4.34. The number of nitrogens with one attached hydrogen (secondary N) is 2. The molecule has 0 aromatic carbocycles. The number of hydrogen-bond acceptors (Lipinski definition) is 3. The molecule has 0 radical (unpaired) electrons. The number of aromatic nitrogens is 1. The zero-order chi connectivity index (χ0) is 13.1. The number of carbonyl (C=O) groups is 2. The molecule has 6 heteroatoms. The number of likely N-dealkylation sites (N-methyl/N-ethyl adjacent to an activating group) is 1. The predicted octanol–water partition coefficient (Wildman–Crippen LogP) is -0.815. The number of amides is 2. The molecule has 0 saturated carbocycles. The molecule has 1 saturated heterocycles. The van der Waals surface area contributed by atoms with Crippen LogP contribution in [0.5, 0.6) is 0 Å². The molecule has 2 rings (SSSR count). The Morgan fingerprint density at radius 3 is 2.89 bits per heavy atom. The van der Waals surface area contributed by atoms with Crippen molar-refractivity contribution in [2.45, 2.75) is 6.04 Å². The molecule has 1 aliphatic rings. The molecule has 1 aliphatic heterocycles. The fourth-order valence-corrected chi connectivity index (χ4v) is 2.18. The molecule has 6 nitrogen and oxygen atoms in total. The lowest BCUT2D eigenvalue weighted by atomic mass is 10.1. The number of carbonyl (C=O) groups excluding carboxylic acids is 2. The molecule has 1 unspecified atom stereocenters. The lowest BCUT2D eigenvalue weighted by molar-refractivity contribution is -0.125. The molecule has 1 fully saturated rings. The van der Waals surface area contributed by atoms with E-state index in [4.69, 9.17) is 0 Å². The maximum Gasteiger partial charge on any atom is 0.271 e. The average molecular weight is 250 g/mol. The van der Waals surface area contributed by atoms with E-state index in [1.807, 2.05) is 19.3 Å². The summed E-state index contributed by atoms with van der Waals surface area (Å²) in [6.07, 6.45) is 1.82. The van der Waals surface area contributed by atoms with Crippen molar-refractivity contribution in [3.05, 3.63) is 24.0 Å². The molecule has 2 heterocycles. The highest BCUT2D eigenvalue weighted by atomic mass is 16.2. The van der Waals surface area contributed by atoms with Crippen LogP contribution in [0, 0.1) is 0 Å². The van der Waals surface area contributed by atoms with Gasteiger partial charge in [0.15, 0.2) is 0 Å². The topological polar surface area (TPSA) is 66.4 Å². The van der Waals surface area contributed by atoms with Crippen LogP contribution in [-0.4, -0.2) is 54.0 Å². The molecule has 1 aromatic heterocycles. The first kappa shape index (κ1) is 12.6. The second kappa shape index (κ2) is 5.22. The van der Waals surface area contributed by atoms with E-state index in [1.165, 1.54) is 0 Å². The Balaban J connectivity index is 2.21. The van der Waals surface area contributed by atoms with Crippen molar-refractivity contribution in [3.63, 3.8) is 0 Å². The van der Waals surface area contributed by atoms with Crippen molar-refractivity contribution < 1.29 is 9.59 Å². The van der Waals surface area contributed by atoms with E-state index in [-0.39, 0.29) is 11.8 Å². The largest absolute Gasteiger partial charge is 0.357 e. The van der Waals surface area contributed by atoms with Crippen LogP contribution < -0.4 is 10.6 Å². The molecule has 0 bridgehead atoms. The van der Waals surface area contributed by atoms with E-state index < -0.39 is 6.04 Å². The minimum absolute atomic E-state index is 0.0994. The Morgan fingerprint density at radius 1 is 1.50 bits per heavy atom. The summed E-state index contributed by atoms with van der Waals surface area (Å²) in [6.45, 7) is 1.75. The van der Waals surface area contributed by atoms with E-state index in [1.54, 1.807) is 22.6 Å². The van der Waals surface area contributed by atoms with E-state index in [2.05, 4.69) is 10.6 Å². The highest BCUT2D eigenvalue weighted by Gasteiger charge is 2.32. The Bertz CT molecular complexity index is 455. The lowest BCUT2D eigenvalue weighted by Crippen LogP contribution is -2.59. The van der Waals surface area contributed by atoms with Gasteiger partial charge < -0.3 is 20.1 Å². The van der Waals surface area contributed by atoms with Gasteiger partial charge in [0.05, 0.1) is 0 Å². The van der Waals surface area contributed by atoms with Gasteiger partial charge in [-0.15, -0.1) is 0 Å². The molecule has 1 aromatic rings. The van der Waals surface area contributed by atoms with Gasteiger partial charge >= 0.3 is 0 Å².